The van der Waals surface area contributed by atoms with Crippen LogP contribution in [0.1, 0.15) is 36.8 Å². The molecule has 142 valence electrons. The van der Waals surface area contributed by atoms with Gasteiger partial charge >= 0.3 is 0 Å². The van der Waals surface area contributed by atoms with Gasteiger partial charge in [-0.1, -0.05) is 43.2 Å². The third-order valence-electron chi connectivity index (χ3n) is 5.03. The van der Waals surface area contributed by atoms with E-state index in [-0.39, 0.29) is 5.91 Å². The highest BCUT2D eigenvalue weighted by molar-refractivity contribution is 5.93. The fourth-order valence-corrected chi connectivity index (χ4v) is 3.62. The van der Waals surface area contributed by atoms with E-state index in [9.17, 15) is 4.79 Å². The maximum atomic E-state index is 12.3. The Balaban J connectivity index is 1.57. The van der Waals surface area contributed by atoms with Crippen molar-refractivity contribution < 1.29 is 4.79 Å². The number of rotatable bonds is 6. The molecule has 2 aromatic heterocycles. The maximum Gasteiger partial charge on any atom is 0.244 e. The van der Waals surface area contributed by atoms with E-state index in [4.69, 9.17) is 5.10 Å². The highest BCUT2D eigenvalue weighted by atomic mass is 16.1. The van der Waals surface area contributed by atoms with Crippen molar-refractivity contribution in [1.29, 1.82) is 0 Å². The number of pyridine rings is 1. The number of benzene rings is 1. The van der Waals surface area contributed by atoms with Crippen LogP contribution in [0.3, 0.4) is 0 Å². The third kappa shape index (κ3) is 4.55. The van der Waals surface area contributed by atoms with Crippen molar-refractivity contribution in [3.63, 3.8) is 0 Å². The molecule has 0 spiro atoms. The average molecular weight is 372 g/mol. The van der Waals surface area contributed by atoms with Crippen LogP contribution >= 0.6 is 0 Å². The molecule has 1 N–H and O–H groups in total. The van der Waals surface area contributed by atoms with Gasteiger partial charge in [-0.3, -0.25) is 14.5 Å². The van der Waals surface area contributed by atoms with Crippen molar-refractivity contribution in [2.24, 2.45) is 0 Å². The SMILES string of the molecule is O=C(/C=C/c1cn(Cc2ccccc2)nc1-c1cccnc1)NC1CCCC1. The van der Waals surface area contributed by atoms with Gasteiger partial charge in [0.15, 0.2) is 0 Å². The summed E-state index contributed by atoms with van der Waals surface area (Å²) >= 11 is 0. The third-order valence-corrected chi connectivity index (χ3v) is 5.03. The number of aromatic nitrogens is 3. The molecule has 0 bridgehead atoms. The summed E-state index contributed by atoms with van der Waals surface area (Å²) in [4.78, 5) is 16.5. The van der Waals surface area contributed by atoms with Gasteiger partial charge in [0.2, 0.25) is 5.91 Å². The molecule has 1 aromatic carbocycles. The molecule has 5 heteroatoms. The summed E-state index contributed by atoms with van der Waals surface area (Å²) in [6, 6.07) is 14.4. The van der Waals surface area contributed by atoms with Gasteiger partial charge in [-0.25, -0.2) is 0 Å². The first-order valence-electron chi connectivity index (χ1n) is 9.78. The molecule has 28 heavy (non-hydrogen) atoms. The number of hydrogen-bond donors (Lipinski definition) is 1. The molecule has 3 aromatic rings. The van der Waals surface area contributed by atoms with Crippen LogP contribution in [0, 0.1) is 0 Å². The van der Waals surface area contributed by atoms with Crippen LogP contribution in [0.2, 0.25) is 0 Å². The highest BCUT2D eigenvalue weighted by Gasteiger charge is 2.16. The van der Waals surface area contributed by atoms with E-state index >= 15 is 0 Å². The number of carbonyl (C=O) groups excluding carboxylic acids is 1. The Hall–Kier alpha value is -3.21. The predicted octanol–water partition coefficient (Wildman–Crippen LogP) is 4.07. The summed E-state index contributed by atoms with van der Waals surface area (Å²) in [6.45, 7) is 0.677. The summed E-state index contributed by atoms with van der Waals surface area (Å²) < 4.78 is 1.91. The van der Waals surface area contributed by atoms with Crippen molar-refractivity contribution in [1.82, 2.24) is 20.1 Å². The van der Waals surface area contributed by atoms with Crippen LogP contribution in [0.15, 0.2) is 67.1 Å². The lowest BCUT2D eigenvalue weighted by molar-refractivity contribution is -0.117. The lowest BCUT2D eigenvalue weighted by Crippen LogP contribution is -2.30. The second-order valence-corrected chi connectivity index (χ2v) is 7.18. The van der Waals surface area contributed by atoms with Gasteiger partial charge in [-0.15, -0.1) is 0 Å². The average Bonchev–Trinajstić information content (AvgIpc) is 3.38. The van der Waals surface area contributed by atoms with Crippen molar-refractivity contribution in [3.05, 3.63) is 78.3 Å². The largest absolute Gasteiger partial charge is 0.350 e. The molecule has 0 radical (unpaired) electrons. The Labute approximate surface area is 165 Å². The normalized spacial score (nSPS) is 14.6. The molecule has 0 atom stereocenters. The van der Waals surface area contributed by atoms with Crippen LogP contribution in [0.4, 0.5) is 0 Å². The second kappa shape index (κ2) is 8.65. The van der Waals surface area contributed by atoms with Gasteiger partial charge in [0.05, 0.1) is 6.54 Å². The van der Waals surface area contributed by atoms with E-state index in [0.717, 1.165) is 29.7 Å². The fraction of sp³-hybridized carbons (Fsp3) is 0.261. The van der Waals surface area contributed by atoms with E-state index in [2.05, 4.69) is 22.4 Å². The Morgan fingerprint density at radius 3 is 2.71 bits per heavy atom. The molecule has 0 saturated heterocycles. The maximum absolute atomic E-state index is 12.3. The van der Waals surface area contributed by atoms with Gasteiger partial charge in [0.25, 0.3) is 0 Å². The van der Waals surface area contributed by atoms with E-state index < -0.39 is 0 Å². The summed E-state index contributed by atoms with van der Waals surface area (Å²) in [5, 5.41) is 7.84. The molecular weight excluding hydrogens is 348 g/mol. The topological polar surface area (TPSA) is 59.8 Å². The van der Waals surface area contributed by atoms with Crippen LogP contribution in [-0.4, -0.2) is 26.7 Å². The lowest BCUT2D eigenvalue weighted by Gasteiger charge is -2.08. The summed E-state index contributed by atoms with van der Waals surface area (Å²) in [7, 11) is 0. The molecule has 5 nitrogen and oxygen atoms in total. The number of nitrogens with zero attached hydrogens (tertiary/aromatic N) is 3. The highest BCUT2D eigenvalue weighted by Crippen LogP contribution is 2.23. The zero-order chi connectivity index (χ0) is 19.2. The smallest absolute Gasteiger partial charge is 0.244 e. The quantitative estimate of drug-likeness (QED) is 0.664. The minimum atomic E-state index is -0.0418. The summed E-state index contributed by atoms with van der Waals surface area (Å²) in [5.41, 5.74) is 3.85. The standard InChI is InChI=1S/C23H24N4O/c28-22(25-21-10-4-5-11-21)13-12-20-17-27(16-18-7-2-1-3-8-18)26-23(20)19-9-6-14-24-15-19/h1-3,6-9,12-15,17,21H,4-5,10-11,16H2,(H,25,28)/b13-12+. The van der Waals surface area contributed by atoms with E-state index in [1.165, 1.54) is 18.4 Å². The first-order chi connectivity index (χ1) is 13.8. The molecule has 0 unspecified atom stereocenters. The minimum absolute atomic E-state index is 0.0418. The van der Waals surface area contributed by atoms with Crippen LogP contribution in [0.5, 0.6) is 0 Å². The zero-order valence-electron chi connectivity index (χ0n) is 15.8. The molecule has 0 aliphatic heterocycles. The summed E-state index contributed by atoms with van der Waals surface area (Å²) in [5.74, 6) is -0.0418. The number of hydrogen-bond acceptors (Lipinski definition) is 3. The Bertz CT molecular complexity index is 941. The fourth-order valence-electron chi connectivity index (χ4n) is 3.62. The molecule has 1 amide bonds. The number of amides is 1. The van der Waals surface area contributed by atoms with Gasteiger partial charge in [0, 0.05) is 41.8 Å². The lowest BCUT2D eigenvalue weighted by atomic mass is 10.1. The van der Waals surface area contributed by atoms with Crippen molar-refractivity contribution in [2.45, 2.75) is 38.3 Å². The minimum Gasteiger partial charge on any atom is -0.350 e. The Kier molecular flexibility index (Phi) is 5.61. The van der Waals surface area contributed by atoms with Crippen LogP contribution < -0.4 is 5.32 Å². The Morgan fingerprint density at radius 2 is 1.96 bits per heavy atom. The molecule has 1 aliphatic rings. The predicted molar refractivity (Wildman–Crippen MR) is 110 cm³/mol. The van der Waals surface area contributed by atoms with E-state index in [0.29, 0.717) is 12.6 Å². The number of carbonyl (C=O) groups is 1. The molecule has 1 saturated carbocycles. The van der Waals surface area contributed by atoms with Crippen LogP contribution in [-0.2, 0) is 11.3 Å². The van der Waals surface area contributed by atoms with Gasteiger partial charge in [0.1, 0.15) is 5.69 Å². The molecule has 1 aliphatic carbocycles. The first-order valence-corrected chi connectivity index (χ1v) is 9.78. The molecule has 2 heterocycles. The van der Waals surface area contributed by atoms with Gasteiger partial charge in [-0.05, 0) is 36.6 Å². The monoisotopic (exact) mass is 372 g/mol. The molecule has 4 rings (SSSR count). The second-order valence-electron chi connectivity index (χ2n) is 7.18. The van der Waals surface area contributed by atoms with Crippen molar-refractivity contribution >= 4 is 12.0 Å². The zero-order valence-corrected chi connectivity index (χ0v) is 15.8. The van der Waals surface area contributed by atoms with E-state index in [1.54, 1.807) is 18.5 Å². The van der Waals surface area contributed by atoms with E-state index in [1.807, 2.05) is 47.3 Å². The Morgan fingerprint density at radius 1 is 1.14 bits per heavy atom. The van der Waals surface area contributed by atoms with Crippen LogP contribution in [0.25, 0.3) is 17.3 Å². The van der Waals surface area contributed by atoms with Crippen molar-refractivity contribution in [2.75, 3.05) is 0 Å². The van der Waals surface area contributed by atoms with Gasteiger partial charge in [-0.2, -0.15) is 5.10 Å². The van der Waals surface area contributed by atoms with Gasteiger partial charge < -0.3 is 5.32 Å². The summed E-state index contributed by atoms with van der Waals surface area (Å²) in [6.07, 6.45) is 13.5. The number of nitrogens with one attached hydrogen (secondary N) is 1. The first kappa shape index (κ1) is 18.2. The molecule has 1 fully saturated rings. The molecular formula is C23H24N4O. The van der Waals surface area contributed by atoms with Crippen molar-refractivity contribution in [3.8, 4) is 11.3 Å².